The molecule has 6 nitrogen and oxygen atoms in total. The van der Waals surface area contributed by atoms with Gasteiger partial charge in [-0.1, -0.05) is 18.2 Å². The molecule has 2 aromatic heterocycles. The van der Waals surface area contributed by atoms with E-state index in [1.54, 1.807) is 13.0 Å². The lowest BCUT2D eigenvalue weighted by molar-refractivity contribution is 0.0687. The van der Waals surface area contributed by atoms with Gasteiger partial charge in [0.1, 0.15) is 5.65 Å². The molecule has 6 heteroatoms. The number of nitrogens with zero attached hydrogens (tertiary/aromatic N) is 2. The summed E-state index contributed by atoms with van der Waals surface area (Å²) in [4.78, 5) is 34.7. The van der Waals surface area contributed by atoms with Crippen LogP contribution in [0.4, 0.5) is 0 Å². The number of carbonyl (C=O) groups is 2. The molecule has 2 aromatic carbocycles. The summed E-state index contributed by atoms with van der Waals surface area (Å²) < 4.78 is 0. The van der Waals surface area contributed by atoms with E-state index in [1.807, 2.05) is 36.4 Å². The molecule has 1 fully saturated rings. The van der Waals surface area contributed by atoms with Crippen LogP contribution in [0.1, 0.15) is 57.2 Å². The van der Waals surface area contributed by atoms with Crippen molar-refractivity contribution in [2.45, 2.75) is 46.2 Å². The number of carboxylic acid groups (broad SMARTS) is 1. The van der Waals surface area contributed by atoms with Gasteiger partial charge in [-0.2, -0.15) is 0 Å². The Morgan fingerprint density at radius 2 is 1.89 bits per heavy atom. The molecular formula is C29H27N3O3. The number of aromatic nitrogens is 2. The van der Waals surface area contributed by atoms with Gasteiger partial charge >= 0.3 is 5.97 Å². The van der Waals surface area contributed by atoms with Gasteiger partial charge in [-0.25, -0.2) is 9.78 Å². The van der Waals surface area contributed by atoms with Gasteiger partial charge in [-0.15, -0.1) is 0 Å². The van der Waals surface area contributed by atoms with Crippen molar-refractivity contribution in [1.82, 2.24) is 14.9 Å². The summed E-state index contributed by atoms with van der Waals surface area (Å²) in [6.45, 7) is 6.64. The third kappa shape index (κ3) is 3.52. The van der Waals surface area contributed by atoms with Crippen LogP contribution in [0, 0.1) is 19.8 Å². The quantitative estimate of drug-likeness (QED) is 0.380. The lowest BCUT2D eigenvalue weighted by Gasteiger charge is -2.24. The number of fused-ring (bicyclic) bond motifs is 2. The van der Waals surface area contributed by atoms with Gasteiger partial charge in [0.25, 0.3) is 5.91 Å². The van der Waals surface area contributed by atoms with Crippen LogP contribution in [0.3, 0.4) is 0 Å². The van der Waals surface area contributed by atoms with Crippen LogP contribution in [-0.4, -0.2) is 37.9 Å². The maximum absolute atomic E-state index is 13.1. The molecule has 176 valence electrons. The van der Waals surface area contributed by atoms with Crippen molar-refractivity contribution >= 4 is 22.9 Å². The number of hydrogen-bond acceptors (Lipinski definition) is 3. The number of benzene rings is 2. The Labute approximate surface area is 203 Å². The normalized spacial score (nSPS) is 16.1. The number of nitrogens with one attached hydrogen (secondary N) is 1. The van der Waals surface area contributed by atoms with E-state index in [9.17, 15) is 14.7 Å². The number of pyridine rings is 1. The minimum absolute atomic E-state index is 0.151. The van der Waals surface area contributed by atoms with Gasteiger partial charge in [0, 0.05) is 47.1 Å². The molecule has 1 amide bonds. The highest BCUT2D eigenvalue weighted by atomic mass is 16.4. The van der Waals surface area contributed by atoms with Crippen molar-refractivity contribution in [3.8, 4) is 22.3 Å². The average Bonchev–Trinajstić information content (AvgIpc) is 3.52. The summed E-state index contributed by atoms with van der Waals surface area (Å²) in [7, 11) is 0. The van der Waals surface area contributed by atoms with Crippen molar-refractivity contribution in [3.05, 3.63) is 76.6 Å². The number of aromatic carboxylic acids is 1. The summed E-state index contributed by atoms with van der Waals surface area (Å²) in [6, 6.07) is 12.1. The zero-order valence-corrected chi connectivity index (χ0v) is 20.1. The first kappa shape index (κ1) is 21.6. The second-order valence-electron chi connectivity index (χ2n) is 10.00. The zero-order chi connectivity index (χ0) is 24.4. The summed E-state index contributed by atoms with van der Waals surface area (Å²) >= 11 is 0. The molecule has 35 heavy (non-hydrogen) atoms. The Bertz CT molecular complexity index is 1530. The Hall–Kier alpha value is -3.93. The monoisotopic (exact) mass is 465 g/mol. The van der Waals surface area contributed by atoms with Gasteiger partial charge in [0.05, 0.1) is 5.56 Å². The highest BCUT2D eigenvalue weighted by molar-refractivity contribution is 6.01. The number of aromatic amines is 1. The van der Waals surface area contributed by atoms with Crippen molar-refractivity contribution in [1.29, 1.82) is 0 Å². The maximum atomic E-state index is 13.1. The maximum Gasteiger partial charge on any atom is 0.335 e. The van der Waals surface area contributed by atoms with Crippen molar-refractivity contribution < 1.29 is 14.7 Å². The van der Waals surface area contributed by atoms with Crippen molar-refractivity contribution in [2.24, 2.45) is 5.92 Å². The lowest BCUT2D eigenvalue weighted by Crippen LogP contribution is -2.34. The van der Waals surface area contributed by atoms with Crippen LogP contribution >= 0.6 is 0 Å². The predicted molar refractivity (Wildman–Crippen MR) is 135 cm³/mol. The topological polar surface area (TPSA) is 86.3 Å². The molecule has 2 aliphatic rings. The number of carboxylic acids is 1. The second kappa shape index (κ2) is 7.80. The summed E-state index contributed by atoms with van der Waals surface area (Å²) in [5.41, 5.74) is 8.44. The van der Waals surface area contributed by atoms with Crippen LogP contribution < -0.4 is 0 Å². The Kier molecular flexibility index (Phi) is 4.81. The number of rotatable bonds is 5. The first-order valence-electron chi connectivity index (χ1n) is 12.1. The molecule has 1 aliphatic carbocycles. The van der Waals surface area contributed by atoms with Crippen molar-refractivity contribution in [2.75, 3.05) is 0 Å². The van der Waals surface area contributed by atoms with Gasteiger partial charge in [0.15, 0.2) is 0 Å². The average molecular weight is 466 g/mol. The van der Waals surface area contributed by atoms with Crippen LogP contribution in [0.2, 0.25) is 0 Å². The van der Waals surface area contributed by atoms with Gasteiger partial charge in [-0.05, 0) is 85.5 Å². The van der Waals surface area contributed by atoms with E-state index in [4.69, 9.17) is 0 Å². The first-order valence-corrected chi connectivity index (χ1v) is 12.1. The van der Waals surface area contributed by atoms with Crippen LogP contribution in [0.25, 0.3) is 33.3 Å². The van der Waals surface area contributed by atoms with E-state index in [2.05, 4.69) is 35.1 Å². The number of hydrogen-bond donors (Lipinski definition) is 2. The highest BCUT2D eigenvalue weighted by Crippen LogP contribution is 2.40. The molecule has 6 rings (SSSR count). The third-order valence-corrected chi connectivity index (χ3v) is 7.67. The smallest absolute Gasteiger partial charge is 0.335 e. The van der Waals surface area contributed by atoms with E-state index in [1.165, 1.54) is 12.8 Å². The van der Waals surface area contributed by atoms with Gasteiger partial charge < -0.3 is 15.0 Å². The Morgan fingerprint density at radius 1 is 1.09 bits per heavy atom. The molecule has 2 N–H and O–H groups in total. The molecule has 0 unspecified atom stereocenters. The SMILES string of the molecule is Cc1ccc(-c2c[nH]c3ncc(-c4cc(C)c5c(c4)CN([C@@H](C)C4CC4)C5=O)cc23)cc1C(=O)O. The molecule has 1 saturated carbocycles. The number of H-pyrrole nitrogens is 1. The molecule has 4 aromatic rings. The number of amides is 1. The minimum atomic E-state index is -0.934. The molecular weight excluding hydrogens is 438 g/mol. The van der Waals surface area contributed by atoms with E-state index in [0.717, 1.165) is 55.5 Å². The van der Waals surface area contributed by atoms with E-state index in [0.29, 0.717) is 18.0 Å². The van der Waals surface area contributed by atoms with Gasteiger partial charge in [0.2, 0.25) is 0 Å². The van der Waals surface area contributed by atoms with E-state index < -0.39 is 5.97 Å². The molecule has 0 radical (unpaired) electrons. The largest absolute Gasteiger partial charge is 0.478 e. The molecule has 0 spiro atoms. The zero-order valence-electron chi connectivity index (χ0n) is 20.1. The summed E-state index contributed by atoms with van der Waals surface area (Å²) in [5, 5.41) is 10.5. The first-order chi connectivity index (χ1) is 16.8. The predicted octanol–water partition coefficient (Wildman–Crippen LogP) is 5.97. The Balaban J connectivity index is 1.41. The van der Waals surface area contributed by atoms with Gasteiger partial charge in [-0.3, -0.25) is 4.79 Å². The number of aryl methyl sites for hydroxylation is 2. The lowest BCUT2D eigenvalue weighted by atomic mass is 9.95. The Morgan fingerprint density at radius 3 is 2.63 bits per heavy atom. The molecule has 0 saturated heterocycles. The fraction of sp³-hybridized carbons (Fsp3) is 0.276. The van der Waals surface area contributed by atoms with E-state index in [-0.39, 0.29) is 11.9 Å². The minimum Gasteiger partial charge on any atom is -0.478 e. The van der Waals surface area contributed by atoms with Crippen LogP contribution in [0.15, 0.2) is 48.8 Å². The standard InChI is InChI=1S/C29H27N3O3/c1-15-4-5-19(10-23(15)29(34)35)25-13-31-27-24(25)11-21(12-30-27)20-8-16(2)26-22(9-20)14-32(28(26)33)17(3)18-6-7-18/h4-5,8-13,17-18H,6-7,14H2,1-3H3,(H,30,31)(H,34,35)/t17-/m0/s1. The summed E-state index contributed by atoms with van der Waals surface area (Å²) in [5.74, 6) is -0.148. The van der Waals surface area contributed by atoms with E-state index >= 15 is 0 Å². The fourth-order valence-corrected chi connectivity index (χ4v) is 5.44. The van der Waals surface area contributed by atoms with Crippen LogP contribution in [-0.2, 0) is 6.54 Å². The highest BCUT2D eigenvalue weighted by Gasteiger charge is 2.39. The van der Waals surface area contributed by atoms with Crippen molar-refractivity contribution in [3.63, 3.8) is 0 Å². The fourth-order valence-electron chi connectivity index (χ4n) is 5.44. The number of carbonyl (C=O) groups excluding carboxylic acids is 1. The molecule has 3 heterocycles. The molecule has 1 aliphatic heterocycles. The summed E-state index contributed by atoms with van der Waals surface area (Å²) in [6.07, 6.45) is 6.15. The van der Waals surface area contributed by atoms with Crippen LogP contribution in [0.5, 0.6) is 0 Å². The molecule has 1 atom stereocenters. The second-order valence-corrected chi connectivity index (χ2v) is 10.00. The third-order valence-electron chi connectivity index (χ3n) is 7.67. The molecule has 0 bridgehead atoms.